The number of epoxide rings is 1. The van der Waals surface area contributed by atoms with Gasteiger partial charge >= 0.3 is 0 Å². The summed E-state index contributed by atoms with van der Waals surface area (Å²) in [7, 11) is 0. The minimum atomic E-state index is -0.722. The van der Waals surface area contributed by atoms with Crippen molar-refractivity contribution in [3.63, 3.8) is 0 Å². The van der Waals surface area contributed by atoms with Crippen molar-refractivity contribution in [2.24, 2.45) is 0 Å². The second kappa shape index (κ2) is 3.52. The molecule has 76 valence electrons. The fourth-order valence-corrected chi connectivity index (χ4v) is 1.76. The average molecular weight is 199 g/mol. The molecule has 0 bridgehead atoms. The first kappa shape index (κ1) is 9.95. The maximum atomic E-state index is 9.12. The lowest BCUT2D eigenvalue weighted by Gasteiger charge is -1.98. The van der Waals surface area contributed by atoms with Crippen molar-refractivity contribution in [3.05, 3.63) is 47.5 Å². The minimum absolute atomic E-state index is 0.0985. The van der Waals surface area contributed by atoms with E-state index in [2.05, 4.69) is 6.07 Å². The largest absolute Gasteiger partial charge is 0.341 e. The smallest absolute Gasteiger partial charge is 0.204 e. The molecular weight excluding hydrogens is 186 g/mol. The number of ether oxygens (including phenoxy) is 1. The van der Waals surface area contributed by atoms with Gasteiger partial charge in [-0.25, -0.2) is 0 Å². The number of nitrogens with zero attached hydrogens (tertiary/aromatic N) is 1. The Hall–Kier alpha value is -1.59. The zero-order chi connectivity index (χ0) is 10.9. The van der Waals surface area contributed by atoms with Crippen LogP contribution in [0.3, 0.4) is 0 Å². The van der Waals surface area contributed by atoms with Crippen LogP contribution in [-0.2, 0) is 4.74 Å². The highest BCUT2D eigenvalue weighted by Crippen LogP contribution is 2.50. The van der Waals surface area contributed by atoms with Crippen LogP contribution in [0.1, 0.15) is 25.5 Å². The summed E-state index contributed by atoms with van der Waals surface area (Å²) < 4.78 is 5.51. The molecule has 0 aromatic heterocycles. The Morgan fingerprint density at radius 1 is 1.40 bits per heavy atom. The molecule has 15 heavy (non-hydrogen) atoms. The van der Waals surface area contributed by atoms with Gasteiger partial charge < -0.3 is 4.74 Å². The molecule has 0 saturated carbocycles. The standard InChI is InChI=1S/C13H13NO/c1-10(2)8-13(9-14)12(15-13)11-6-4-3-5-7-11/h3-8,12H,1-2H3/t12-,13+/m0/s1. The van der Waals surface area contributed by atoms with Crippen LogP contribution in [0.5, 0.6) is 0 Å². The molecule has 1 fully saturated rings. The van der Waals surface area contributed by atoms with E-state index >= 15 is 0 Å². The summed E-state index contributed by atoms with van der Waals surface area (Å²) in [5.41, 5.74) is 1.45. The molecule has 0 N–H and O–H groups in total. The normalized spacial score (nSPS) is 27.9. The molecule has 0 amide bonds. The van der Waals surface area contributed by atoms with E-state index in [0.717, 1.165) is 11.1 Å². The predicted octanol–water partition coefficient (Wildman–Crippen LogP) is 2.99. The number of hydrogen-bond donors (Lipinski definition) is 0. The molecule has 1 aromatic rings. The lowest BCUT2D eigenvalue weighted by molar-refractivity contribution is 0.365. The molecule has 2 heteroatoms. The van der Waals surface area contributed by atoms with Gasteiger partial charge in [0.1, 0.15) is 12.2 Å². The number of rotatable bonds is 2. The Labute approximate surface area is 89.8 Å². The van der Waals surface area contributed by atoms with Crippen LogP contribution in [-0.4, -0.2) is 5.60 Å². The predicted molar refractivity (Wildman–Crippen MR) is 58.0 cm³/mol. The van der Waals surface area contributed by atoms with E-state index < -0.39 is 5.60 Å². The molecule has 1 heterocycles. The summed E-state index contributed by atoms with van der Waals surface area (Å²) in [5.74, 6) is 0. The van der Waals surface area contributed by atoms with E-state index in [4.69, 9.17) is 10.00 Å². The van der Waals surface area contributed by atoms with Crippen LogP contribution in [0.2, 0.25) is 0 Å². The van der Waals surface area contributed by atoms with E-state index in [0.29, 0.717) is 0 Å². The maximum absolute atomic E-state index is 9.12. The van der Waals surface area contributed by atoms with E-state index in [1.54, 1.807) is 0 Å². The Bertz CT molecular complexity index is 426. The highest BCUT2D eigenvalue weighted by Gasteiger charge is 2.56. The first-order chi connectivity index (χ1) is 7.18. The third-order valence-electron chi connectivity index (χ3n) is 2.43. The molecule has 2 rings (SSSR count). The van der Waals surface area contributed by atoms with E-state index in [1.165, 1.54) is 0 Å². The molecule has 2 nitrogen and oxygen atoms in total. The van der Waals surface area contributed by atoms with Crippen LogP contribution in [0.15, 0.2) is 42.0 Å². The summed E-state index contributed by atoms with van der Waals surface area (Å²) in [4.78, 5) is 0. The Morgan fingerprint density at radius 3 is 2.60 bits per heavy atom. The van der Waals surface area contributed by atoms with Gasteiger partial charge in [0.25, 0.3) is 0 Å². The number of hydrogen-bond acceptors (Lipinski definition) is 2. The number of allylic oxidation sites excluding steroid dienone is 1. The molecule has 2 atom stereocenters. The summed E-state index contributed by atoms with van der Waals surface area (Å²) in [6, 6.07) is 12.1. The van der Waals surface area contributed by atoms with Gasteiger partial charge in [-0.2, -0.15) is 5.26 Å². The molecule has 0 spiro atoms. The summed E-state index contributed by atoms with van der Waals surface area (Å²) in [5, 5.41) is 9.12. The number of nitriles is 1. The topological polar surface area (TPSA) is 36.3 Å². The fourth-order valence-electron chi connectivity index (χ4n) is 1.76. The second-order valence-corrected chi connectivity index (χ2v) is 4.04. The van der Waals surface area contributed by atoms with Crippen LogP contribution in [0.4, 0.5) is 0 Å². The van der Waals surface area contributed by atoms with Gasteiger partial charge in [0.2, 0.25) is 5.60 Å². The lowest BCUT2D eigenvalue weighted by atomic mass is 9.99. The lowest BCUT2D eigenvalue weighted by Crippen LogP contribution is -2.04. The van der Waals surface area contributed by atoms with Gasteiger partial charge in [0.15, 0.2) is 0 Å². The molecule has 0 unspecified atom stereocenters. The van der Waals surface area contributed by atoms with Crippen molar-refractivity contribution in [1.82, 2.24) is 0 Å². The van der Waals surface area contributed by atoms with Gasteiger partial charge in [-0.1, -0.05) is 35.9 Å². The van der Waals surface area contributed by atoms with Crippen molar-refractivity contribution in [1.29, 1.82) is 5.26 Å². The molecule has 0 aliphatic carbocycles. The fraction of sp³-hybridized carbons (Fsp3) is 0.308. The minimum Gasteiger partial charge on any atom is -0.341 e. The molecule has 1 aliphatic rings. The van der Waals surface area contributed by atoms with E-state index in [-0.39, 0.29) is 6.10 Å². The molecule has 0 radical (unpaired) electrons. The van der Waals surface area contributed by atoms with Crippen LogP contribution in [0, 0.1) is 11.3 Å². The van der Waals surface area contributed by atoms with Crippen molar-refractivity contribution in [3.8, 4) is 6.07 Å². The zero-order valence-electron chi connectivity index (χ0n) is 8.90. The summed E-state index contributed by atoms with van der Waals surface area (Å²) >= 11 is 0. The molecular formula is C13H13NO. The van der Waals surface area contributed by atoms with Crippen molar-refractivity contribution >= 4 is 0 Å². The monoisotopic (exact) mass is 199 g/mol. The first-order valence-corrected chi connectivity index (χ1v) is 4.98. The van der Waals surface area contributed by atoms with Gasteiger partial charge in [-0.15, -0.1) is 0 Å². The maximum Gasteiger partial charge on any atom is 0.204 e. The van der Waals surface area contributed by atoms with Crippen molar-refractivity contribution in [2.75, 3.05) is 0 Å². The third-order valence-corrected chi connectivity index (χ3v) is 2.43. The summed E-state index contributed by atoms with van der Waals surface area (Å²) in [6.07, 6.45) is 1.79. The highest BCUT2D eigenvalue weighted by molar-refractivity contribution is 5.38. The molecule has 1 aliphatic heterocycles. The van der Waals surface area contributed by atoms with E-state index in [1.807, 2.05) is 50.3 Å². The molecule has 1 saturated heterocycles. The Kier molecular flexibility index (Phi) is 2.34. The van der Waals surface area contributed by atoms with Crippen LogP contribution in [0.25, 0.3) is 0 Å². The quantitative estimate of drug-likeness (QED) is 0.542. The van der Waals surface area contributed by atoms with Gasteiger partial charge in [-0.3, -0.25) is 0 Å². The third kappa shape index (κ3) is 1.79. The van der Waals surface area contributed by atoms with E-state index in [9.17, 15) is 0 Å². The Morgan fingerprint density at radius 2 is 2.07 bits per heavy atom. The zero-order valence-corrected chi connectivity index (χ0v) is 8.90. The highest BCUT2D eigenvalue weighted by atomic mass is 16.6. The van der Waals surface area contributed by atoms with Crippen LogP contribution >= 0.6 is 0 Å². The van der Waals surface area contributed by atoms with Crippen LogP contribution < -0.4 is 0 Å². The summed E-state index contributed by atoms with van der Waals surface area (Å²) in [6.45, 7) is 3.95. The van der Waals surface area contributed by atoms with Gasteiger partial charge in [0.05, 0.1) is 0 Å². The molecule has 1 aromatic carbocycles. The van der Waals surface area contributed by atoms with Crippen molar-refractivity contribution < 1.29 is 4.74 Å². The van der Waals surface area contributed by atoms with Gasteiger partial charge in [0, 0.05) is 0 Å². The first-order valence-electron chi connectivity index (χ1n) is 4.98. The Balaban J connectivity index is 2.25. The van der Waals surface area contributed by atoms with Crippen molar-refractivity contribution in [2.45, 2.75) is 25.6 Å². The SMILES string of the molecule is CC(C)=C[C@]1(C#N)O[C@H]1c1ccccc1. The van der Waals surface area contributed by atoms with Gasteiger partial charge in [-0.05, 0) is 25.5 Å². The average Bonchev–Trinajstić information content (AvgIpc) is 2.94. The number of benzene rings is 1. The second-order valence-electron chi connectivity index (χ2n) is 4.04.